The van der Waals surface area contributed by atoms with Crippen molar-refractivity contribution in [3.8, 4) is 0 Å². The minimum Gasteiger partial charge on any atom is -0.319 e. The van der Waals surface area contributed by atoms with Crippen LogP contribution in [-0.2, 0) is 11.6 Å². The van der Waals surface area contributed by atoms with Crippen molar-refractivity contribution in [3.05, 3.63) is 40.1 Å². The lowest BCUT2D eigenvalue weighted by atomic mass is 9.99. The van der Waals surface area contributed by atoms with Crippen LogP contribution in [0, 0.1) is 5.82 Å². The summed E-state index contributed by atoms with van der Waals surface area (Å²) in [6, 6.07) is 3.39. The van der Waals surface area contributed by atoms with Gasteiger partial charge in [-0.2, -0.15) is 0 Å². The summed E-state index contributed by atoms with van der Waals surface area (Å²) in [6.07, 6.45) is 1.17. The number of fused-ring (bicyclic) bond motifs is 1. The van der Waals surface area contributed by atoms with Gasteiger partial charge in [-0.05, 0) is 24.8 Å². The van der Waals surface area contributed by atoms with E-state index in [1.54, 1.807) is 25.5 Å². The molecule has 0 fully saturated rings. The van der Waals surface area contributed by atoms with E-state index in [1.807, 2.05) is 13.8 Å². The van der Waals surface area contributed by atoms with Crippen LogP contribution in [0.4, 0.5) is 4.39 Å². The molecule has 0 unspecified atom stereocenters. The molecule has 0 bridgehead atoms. The van der Waals surface area contributed by atoms with Crippen LogP contribution in [-0.4, -0.2) is 17.9 Å². The average Bonchev–Trinajstić information content (AvgIpc) is 2.33. The third-order valence-corrected chi connectivity index (χ3v) is 5.03. The quantitative estimate of drug-likeness (QED) is 0.799. The Morgan fingerprint density at radius 2 is 1.85 bits per heavy atom. The number of pyridine rings is 1. The first-order valence-corrected chi connectivity index (χ1v) is 9.12. The van der Waals surface area contributed by atoms with E-state index < -0.39 is 13.0 Å². The number of halogens is 1. The van der Waals surface area contributed by atoms with E-state index in [2.05, 4.69) is 0 Å². The highest BCUT2D eigenvalue weighted by Gasteiger charge is 2.24. The van der Waals surface area contributed by atoms with E-state index in [1.165, 1.54) is 17.8 Å². The maximum Gasteiger partial charge on any atom is 0.259 e. The van der Waals surface area contributed by atoms with E-state index in [0.717, 1.165) is 5.56 Å². The molecule has 0 saturated carbocycles. The van der Waals surface area contributed by atoms with Gasteiger partial charge in [-0.3, -0.25) is 4.79 Å². The fraction of sp³-hybridized carbons (Fsp3) is 0.400. The van der Waals surface area contributed by atoms with Crippen LogP contribution in [0.15, 0.2) is 23.1 Å². The van der Waals surface area contributed by atoms with Crippen molar-refractivity contribution < 1.29 is 8.96 Å². The van der Waals surface area contributed by atoms with E-state index in [0.29, 0.717) is 5.30 Å². The highest BCUT2D eigenvalue weighted by Crippen LogP contribution is 2.40. The number of benzene rings is 1. The molecule has 108 valence electrons. The molecule has 0 spiro atoms. The van der Waals surface area contributed by atoms with Crippen molar-refractivity contribution in [2.24, 2.45) is 7.05 Å². The molecule has 0 aliphatic rings. The van der Waals surface area contributed by atoms with Gasteiger partial charge < -0.3 is 9.13 Å². The van der Waals surface area contributed by atoms with Crippen LogP contribution in [0.5, 0.6) is 0 Å². The summed E-state index contributed by atoms with van der Waals surface area (Å²) in [4.78, 5) is 12.4. The molecule has 0 saturated heterocycles. The summed E-state index contributed by atoms with van der Waals surface area (Å²) >= 11 is 0. The second kappa shape index (κ2) is 4.85. The standard InChI is InChI=1S/C15H19FNO2P/c1-9(2)10-6-7-11-12(16)8-17(3)15(18)13(11)14(10)20(4,5)19/h6-9H,1-5H3. The first-order valence-electron chi connectivity index (χ1n) is 6.52. The Hall–Kier alpha value is -1.41. The number of rotatable bonds is 2. The van der Waals surface area contributed by atoms with Gasteiger partial charge in [0.2, 0.25) is 0 Å². The highest BCUT2D eigenvalue weighted by atomic mass is 31.2. The van der Waals surface area contributed by atoms with E-state index >= 15 is 0 Å². The largest absolute Gasteiger partial charge is 0.319 e. The summed E-state index contributed by atoms with van der Waals surface area (Å²) in [7, 11) is -1.19. The molecule has 0 atom stereocenters. The Balaban J connectivity index is 3.14. The number of nitrogens with zero attached hydrogens (tertiary/aromatic N) is 1. The minimum absolute atomic E-state index is 0.121. The molecule has 0 radical (unpaired) electrons. The summed E-state index contributed by atoms with van der Waals surface area (Å²) in [5, 5.41) is 1.02. The molecule has 0 N–H and O–H groups in total. The molecule has 1 heterocycles. The van der Waals surface area contributed by atoms with Gasteiger partial charge >= 0.3 is 0 Å². The number of hydrogen-bond acceptors (Lipinski definition) is 2. The molecule has 3 nitrogen and oxygen atoms in total. The zero-order chi connectivity index (χ0) is 15.2. The van der Waals surface area contributed by atoms with Crippen molar-refractivity contribution in [1.29, 1.82) is 0 Å². The molecule has 20 heavy (non-hydrogen) atoms. The third kappa shape index (κ3) is 2.33. The maximum absolute atomic E-state index is 14.1. The van der Waals surface area contributed by atoms with Gasteiger partial charge in [0.05, 0.1) is 5.39 Å². The SMILES string of the molecule is CC(C)c1ccc2c(F)cn(C)c(=O)c2c1P(C)(C)=O. The Morgan fingerprint density at radius 3 is 2.35 bits per heavy atom. The second-order valence-electron chi connectivity index (χ2n) is 5.82. The first-order chi connectivity index (χ1) is 9.14. The second-order valence-corrected chi connectivity index (χ2v) is 8.97. The van der Waals surface area contributed by atoms with Crippen molar-refractivity contribution in [2.45, 2.75) is 19.8 Å². The zero-order valence-corrected chi connectivity index (χ0v) is 13.3. The predicted molar refractivity (Wildman–Crippen MR) is 82.3 cm³/mol. The van der Waals surface area contributed by atoms with Gasteiger partial charge in [0, 0.05) is 23.9 Å². The van der Waals surface area contributed by atoms with Crippen LogP contribution in [0.2, 0.25) is 0 Å². The molecule has 1 aromatic heterocycles. The molecule has 2 aromatic rings. The Bertz CT molecular complexity index is 787. The van der Waals surface area contributed by atoms with Gasteiger partial charge in [0.1, 0.15) is 13.0 Å². The van der Waals surface area contributed by atoms with Gasteiger partial charge in [0.25, 0.3) is 5.56 Å². The van der Waals surface area contributed by atoms with Crippen molar-refractivity contribution in [3.63, 3.8) is 0 Å². The molecule has 0 amide bonds. The third-order valence-electron chi connectivity index (χ3n) is 3.47. The summed E-state index contributed by atoms with van der Waals surface area (Å²) in [6.45, 7) is 7.20. The van der Waals surface area contributed by atoms with E-state index in [4.69, 9.17) is 0 Å². The van der Waals surface area contributed by atoms with Gasteiger partial charge in [-0.25, -0.2) is 4.39 Å². The fourth-order valence-electron chi connectivity index (χ4n) is 2.54. The number of aromatic nitrogens is 1. The van der Waals surface area contributed by atoms with Crippen LogP contribution in [0.3, 0.4) is 0 Å². The molecule has 5 heteroatoms. The molecule has 0 aliphatic heterocycles. The van der Waals surface area contributed by atoms with E-state index in [9.17, 15) is 13.8 Å². The first kappa shape index (κ1) is 15.0. The predicted octanol–water partition coefficient (Wildman–Crippen LogP) is 3.05. The Kier molecular flexibility index (Phi) is 3.64. The maximum atomic E-state index is 14.1. The fourth-order valence-corrected chi connectivity index (χ4v) is 4.25. The monoisotopic (exact) mass is 295 g/mol. The van der Waals surface area contributed by atoms with Crippen LogP contribution < -0.4 is 10.9 Å². The van der Waals surface area contributed by atoms with Gasteiger partial charge in [-0.1, -0.05) is 26.0 Å². The molecule has 1 aromatic carbocycles. The minimum atomic E-state index is -2.70. The van der Waals surface area contributed by atoms with Crippen molar-refractivity contribution in [2.75, 3.05) is 13.3 Å². The van der Waals surface area contributed by atoms with Crippen LogP contribution in [0.25, 0.3) is 10.8 Å². The highest BCUT2D eigenvalue weighted by molar-refractivity contribution is 7.70. The summed E-state index contributed by atoms with van der Waals surface area (Å²) in [5.74, 6) is -0.345. The van der Waals surface area contributed by atoms with Gasteiger partial charge in [0.15, 0.2) is 0 Å². The number of aryl methyl sites for hydroxylation is 1. The van der Waals surface area contributed by atoms with Crippen molar-refractivity contribution in [1.82, 2.24) is 4.57 Å². The molecule has 0 aliphatic carbocycles. The molecular formula is C15H19FNO2P. The summed E-state index contributed by atoms with van der Waals surface area (Å²) < 4.78 is 27.9. The molecule has 2 rings (SSSR count). The lowest BCUT2D eigenvalue weighted by molar-refractivity contribution is 0.588. The normalized spacial score (nSPS) is 12.3. The van der Waals surface area contributed by atoms with Crippen LogP contribution >= 0.6 is 7.14 Å². The Labute approximate surface area is 117 Å². The van der Waals surface area contributed by atoms with E-state index in [-0.39, 0.29) is 22.2 Å². The van der Waals surface area contributed by atoms with Crippen molar-refractivity contribution >= 4 is 23.2 Å². The lowest BCUT2D eigenvalue weighted by Crippen LogP contribution is -2.25. The smallest absolute Gasteiger partial charge is 0.259 e. The number of hydrogen-bond donors (Lipinski definition) is 0. The average molecular weight is 295 g/mol. The molecular weight excluding hydrogens is 276 g/mol. The lowest BCUT2D eigenvalue weighted by Gasteiger charge is -2.19. The summed E-state index contributed by atoms with van der Waals surface area (Å²) in [5.41, 5.74) is 0.552. The Morgan fingerprint density at radius 1 is 1.25 bits per heavy atom. The van der Waals surface area contributed by atoms with Crippen LogP contribution in [0.1, 0.15) is 25.3 Å². The topological polar surface area (TPSA) is 39.1 Å². The van der Waals surface area contributed by atoms with Gasteiger partial charge in [-0.15, -0.1) is 0 Å². The zero-order valence-electron chi connectivity index (χ0n) is 12.4.